The molecule has 7 heteroatoms. The first-order valence-corrected chi connectivity index (χ1v) is 12.1. The standard InChI is InChI=1S/C26H26N4O2S/c1-17-9-11-19(12-10-17)21-16-33-23-22(21)28-26(29-25(23)32)30-13-5-8-20(15-30)24(31)27-14-18-6-3-2-4-7-18/h2-4,6-7,9-12,16,20H,5,8,13-15H2,1H3,(H,27,31)(H,28,29,32). The molecule has 0 saturated carbocycles. The van der Waals surface area contributed by atoms with Gasteiger partial charge in [0, 0.05) is 30.6 Å². The van der Waals surface area contributed by atoms with Gasteiger partial charge in [-0.25, -0.2) is 4.98 Å². The van der Waals surface area contributed by atoms with Gasteiger partial charge in [-0.1, -0.05) is 60.2 Å². The fraction of sp³-hybridized carbons (Fsp3) is 0.269. The first-order chi connectivity index (χ1) is 16.1. The minimum atomic E-state index is -0.137. The van der Waals surface area contributed by atoms with Crippen molar-refractivity contribution in [2.45, 2.75) is 26.3 Å². The summed E-state index contributed by atoms with van der Waals surface area (Å²) in [7, 11) is 0. The number of anilines is 1. The van der Waals surface area contributed by atoms with Gasteiger partial charge in [-0.2, -0.15) is 0 Å². The molecule has 0 aliphatic carbocycles. The maximum atomic E-state index is 12.8. The molecule has 2 aromatic carbocycles. The molecule has 1 unspecified atom stereocenters. The highest BCUT2D eigenvalue weighted by Crippen LogP contribution is 2.32. The van der Waals surface area contributed by atoms with Crippen molar-refractivity contribution in [2.75, 3.05) is 18.0 Å². The van der Waals surface area contributed by atoms with Crippen molar-refractivity contribution in [3.05, 3.63) is 81.5 Å². The second-order valence-electron chi connectivity index (χ2n) is 8.57. The van der Waals surface area contributed by atoms with E-state index in [1.54, 1.807) is 0 Å². The van der Waals surface area contributed by atoms with Gasteiger partial charge in [0.25, 0.3) is 5.56 Å². The molecule has 5 rings (SSSR count). The molecule has 6 nitrogen and oxygen atoms in total. The molecule has 33 heavy (non-hydrogen) atoms. The first kappa shape index (κ1) is 21.4. The van der Waals surface area contributed by atoms with Crippen LogP contribution in [0.15, 0.2) is 64.8 Å². The molecule has 2 aromatic heterocycles. The van der Waals surface area contributed by atoms with Crippen LogP contribution in [0.5, 0.6) is 0 Å². The molecule has 0 radical (unpaired) electrons. The predicted octanol–water partition coefficient (Wildman–Crippen LogP) is 4.49. The quantitative estimate of drug-likeness (QED) is 0.462. The summed E-state index contributed by atoms with van der Waals surface area (Å²) in [5.74, 6) is 0.449. The summed E-state index contributed by atoms with van der Waals surface area (Å²) in [4.78, 5) is 35.5. The lowest BCUT2D eigenvalue weighted by atomic mass is 9.97. The van der Waals surface area contributed by atoms with Crippen LogP contribution in [0.1, 0.15) is 24.0 Å². The van der Waals surface area contributed by atoms with Crippen LogP contribution in [-0.2, 0) is 11.3 Å². The third kappa shape index (κ3) is 4.54. The van der Waals surface area contributed by atoms with Crippen molar-refractivity contribution in [2.24, 2.45) is 5.92 Å². The number of carbonyl (C=O) groups is 1. The lowest BCUT2D eigenvalue weighted by Crippen LogP contribution is -2.44. The number of aromatic nitrogens is 2. The summed E-state index contributed by atoms with van der Waals surface area (Å²) in [5.41, 5.74) is 4.88. The van der Waals surface area contributed by atoms with Crippen molar-refractivity contribution < 1.29 is 4.79 Å². The highest BCUT2D eigenvalue weighted by atomic mass is 32.1. The van der Waals surface area contributed by atoms with Crippen LogP contribution in [0.3, 0.4) is 0 Å². The number of nitrogens with zero attached hydrogens (tertiary/aromatic N) is 2. The normalized spacial score (nSPS) is 16.2. The molecule has 0 bridgehead atoms. The van der Waals surface area contributed by atoms with Gasteiger partial charge in [0.2, 0.25) is 11.9 Å². The maximum absolute atomic E-state index is 12.8. The largest absolute Gasteiger partial charge is 0.352 e. The van der Waals surface area contributed by atoms with E-state index < -0.39 is 0 Å². The molecule has 0 spiro atoms. The summed E-state index contributed by atoms with van der Waals surface area (Å²) < 4.78 is 0.628. The fourth-order valence-corrected chi connectivity index (χ4v) is 5.23. The third-order valence-corrected chi connectivity index (χ3v) is 7.15. The van der Waals surface area contributed by atoms with Crippen LogP contribution >= 0.6 is 11.3 Å². The van der Waals surface area contributed by atoms with E-state index in [4.69, 9.17) is 4.98 Å². The number of hydrogen-bond acceptors (Lipinski definition) is 5. The molecule has 168 valence electrons. The molecule has 3 heterocycles. The number of benzene rings is 2. The van der Waals surface area contributed by atoms with Crippen LogP contribution in [0.4, 0.5) is 5.95 Å². The van der Waals surface area contributed by atoms with Gasteiger partial charge in [0.1, 0.15) is 4.70 Å². The summed E-state index contributed by atoms with van der Waals surface area (Å²) in [6.07, 6.45) is 1.70. The number of piperidine rings is 1. The number of hydrogen-bond donors (Lipinski definition) is 2. The summed E-state index contributed by atoms with van der Waals surface area (Å²) in [6, 6.07) is 18.2. The minimum absolute atomic E-state index is 0.0443. The molecule has 1 aliphatic heterocycles. The number of aromatic amines is 1. The Balaban J connectivity index is 1.37. The van der Waals surface area contributed by atoms with Crippen molar-refractivity contribution in [3.8, 4) is 11.1 Å². The smallest absolute Gasteiger partial charge is 0.270 e. The number of fused-ring (bicyclic) bond motifs is 1. The fourth-order valence-electron chi connectivity index (χ4n) is 4.32. The zero-order valence-electron chi connectivity index (χ0n) is 18.5. The van der Waals surface area contributed by atoms with E-state index in [9.17, 15) is 9.59 Å². The van der Waals surface area contributed by atoms with Gasteiger partial charge in [0.05, 0.1) is 11.4 Å². The molecular weight excluding hydrogens is 432 g/mol. The Morgan fingerprint density at radius 3 is 2.76 bits per heavy atom. The van der Waals surface area contributed by atoms with Crippen molar-refractivity contribution >= 4 is 33.4 Å². The third-order valence-electron chi connectivity index (χ3n) is 6.18. The molecule has 1 saturated heterocycles. The Morgan fingerprint density at radius 2 is 1.97 bits per heavy atom. The minimum Gasteiger partial charge on any atom is -0.352 e. The van der Waals surface area contributed by atoms with Gasteiger partial charge in [-0.3, -0.25) is 14.6 Å². The van der Waals surface area contributed by atoms with Crippen molar-refractivity contribution in [1.29, 1.82) is 0 Å². The average Bonchev–Trinajstić information content (AvgIpc) is 3.28. The van der Waals surface area contributed by atoms with E-state index in [2.05, 4.69) is 41.5 Å². The van der Waals surface area contributed by atoms with E-state index in [0.29, 0.717) is 23.7 Å². The van der Waals surface area contributed by atoms with E-state index in [1.165, 1.54) is 16.9 Å². The zero-order chi connectivity index (χ0) is 22.8. The van der Waals surface area contributed by atoms with Crippen LogP contribution < -0.4 is 15.8 Å². The number of H-pyrrole nitrogens is 1. The lowest BCUT2D eigenvalue weighted by molar-refractivity contribution is -0.125. The lowest BCUT2D eigenvalue weighted by Gasteiger charge is -2.32. The second-order valence-corrected chi connectivity index (χ2v) is 9.45. The van der Waals surface area contributed by atoms with Crippen molar-refractivity contribution in [1.82, 2.24) is 15.3 Å². The van der Waals surface area contributed by atoms with Crippen LogP contribution in [0.2, 0.25) is 0 Å². The molecule has 1 aliphatic rings. The molecule has 1 atom stereocenters. The highest BCUT2D eigenvalue weighted by molar-refractivity contribution is 7.17. The Kier molecular flexibility index (Phi) is 5.96. The van der Waals surface area contributed by atoms with E-state index in [-0.39, 0.29) is 17.4 Å². The van der Waals surface area contributed by atoms with Gasteiger partial charge >= 0.3 is 0 Å². The van der Waals surface area contributed by atoms with E-state index in [0.717, 1.165) is 41.6 Å². The summed E-state index contributed by atoms with van der Waals surface area (Å²) in [6.45, 7) is 3.88. The first-order valence-electron chi connectivity index (χ1n) is 11.2. The summed E-state index contributed by atoms with van der Waals surface area (Å²) >= 11 is 1.42. The SMILES string of the molecule is Cc1ccc(-c2csc3c(=O)[nH]c(N4CCCC(C(=O)NCc5ccccc5)C4)nc23)cc1. The predicted molar refractivity (Wildman–Crippen MR) is 134 cm³/mol. The van der Waals surface area contributed by atoms with Gasteiger partial charge in [0.15, 0.2) is 0 Å². The van der Waals surface area contributed by atoms with Crippen LogP contribution in [0.25, 0.3) is 21.3 Å². The average molecular weight is 459 g/mol. The Labute approximate surface area is 196 Å². The van der Waals surface area contributed by atoms with Gasteiger partial charge in [-0.15, -0.1) is 11.3 Å². The zero-order valence-corrected chi connectivity index (χ0v) is 19.3. The Hall–Kier alpha value is -3.45. The van der Waals surface area contributed by atoms with E-state index in [1.807, 2.05) is 40.6 Å². The molecule has 2 N–H and O–H groups in total. The Bertz CT molecular complexity index is 1330. The monoisotopic (exact) mass is 458 g/mol. The summed E-state index contributed by atoms with van der Waals surface area (Å²) in [5, 5.41) is 5.05. The number of nitrogens with one attached hydrogen (secondary N) is 2. The number of aryl methyl sites for hydroxylation is 1. The second kappa shape index (κ2) is 9.19. The van der Waals surface area contributed by atoms with Gasteiger partial charge in [-0.05, 0) is 30.9 Å². The number of thiophene rings is 1. The maximum Gasteiger partial charge on any atom is 0.270 e. The number of carbonyl (C=O) groups excluding carboxylic acids is 1. The molecule has 1 amide bonds. The molecular formula is C26H26N4O2S. The number of amides is 1. The number of rotatable bonds is 5. The Morgan fingerprint density at radius 1 is 1.18 bits per heavy atom. The topological polar surface area (TPSA) is 78.1 Å². The van der Waals surface area contributed by atoms with Crippen LogP contribution in [-0.4, -0.2) is 29.0 Å². The van der Waals surface area contributed by atoms with Crippen molar-refractivity contribution in [3.63, 3.8) is 0 Å². The molecule has 4 aromatic rings. The van der Waals surface area contributed by atoms with E-state index >= 15 is 0 Å². The molecule has 1 fully saturated rings. The van der Waals surface area contributed by atoms with Gasteiger partial charge < -0.3 is 10.2 Å². The van der Waals surface area contributed by atoms with Crippen LogP contribution in [0, 0.1) is 12.8 Å². The highest BCUT2D eigenvalue weighted by Gasteiger charge is 2.27.